The molecule has 0 spiro atoms. The molecule has 5 nitrogen and oxygen atoms in total. The fraction of sp³-hybridized carbons (Fsp3) is 0.300. The van der Waals surface area contributed by atoms with Gasteiger partial charge in [0.25, 0.3) is 0 Å². The van der Waals surface area contributed by atoms with Gasteiger partial charge in [0.05, 0.1) is 17.8 Å². The van der Waals surface area contributed by atoms with E-state index in [1.807, 2.05) is 36.4 Å². The highest BCUT2D eigenvalue weighted by molar-refractivity contribution is 14.1. The van der Waals surface area contributed by atoms with Crippen molar-refractivity contribution in [1.82, 2.24) is 4.57 Å². The summed E-state index contributed by atoms with van der Waals surface area (Å²) in [6.45, 7) is 1.18. The van der Waals surface area contributed by atoms with Crippen molar-refractivity contribution in [3.8, 4) is 28.5 Å². The molecule has 0 bridgehead atoms. The lowest BCUT2D eigenvalue weighted by Crippen LogP contribution is -2.07. The zero-order valence-electron chi connectivity index (χ0n) is 20.0. The highest BCUT2D eigenvalue weighted by atomic mass is 127. The van der Waals surface area contributed by atoms with Crippen molar-refractivity contribution in [2.24, 2.45) is 0 Å². The Labute approximate surface area is 224 Å². The van der Waals surface area contributed by atoms with Crippen molar-refractivity contribution in [3.63, 3.8) is 0 Å². The molecule has 36 heavy (non-hydrogen) atoms. The largest absolute Gasteiger partial charge is 0.491 e. The molecule has 1 aliphatic heterocycles. The molecule has 0 radical (unpaired) electrons. The SMILES string of the molecule is O=C(O)c1ccc2c(C3CCCCC3)c3n(c2c1)CCOc1cc(Oc2ccc(CI)cc2)ccc1-3. The number of carboxylic acid groups (broad SMARTS) is 1. The summed E-state index contributed by atoms with van der Waals surface area (Å²) in [4.78, 5) is 11.8. The van der Waals surface area contributed by atoms with E-state index in [9.17, 15) is 9.90 Å². The molecule has 6 heteroatoms. The minimum Gasteiger partial charge on any atom is -0.491 e. The van der Waals surface area contributed by atoms with E-state index in [-0.39, 0.29) is 0 Å². The third-order valence-corrected chi connectivity index (χ3v) is 8.34. The minimum absolute atomic E-state index is 0.320. The molecule has 1 saturated carbocycles. The number of fused-ring (bicyclic) bond motifs is 5. The van der Waals surface area contributed by atoms with Crippen LogP contribution in [0.1, 0.15) is 59.5 Å². The Hall–Kier alpha value is -3.00. The number of benzene rings is 3. The zero-order chi connectivity index (χ0) is 24.6. The van der Waals surface area contributed by atoms with Crippen molar-refractivity contribution < 1.29 is 19.4 Å². The summed E-state index contributed by atoms with van der Waals surface area (Å²) in [6.07, 6.45) is 6.08. The maximum atomic E-state index is 11.8. The summed E-state index contributed by atoms with van der Waals surface area (Å²) < 4.78 is 15.7. The van der Waals surface area contributed by atoms with Crippen molar-refractivity contribution in [3.05, 3.63) is 77.4 Å². The first-order valence-electron chi connectivity index (χ1n) is 12.6. The van der Waals surface area contributed by atoms with Gasteiger partial charge >= 0.3 is 5.97 Å². The van der Waals surface area contributed by atoms with Gasteiger partial charge in [0.15, 0.2) is 0 Å². The van der Waals surface area contributed by atoms with Gasteiger partial charge in [0, 0.05) is 27.0 Å². The molecule has 1 aliphatic carbocycles. The normalized spacial score (nSPS) is 15.6. The smallest absolute Gasteiger partial charge is 0.335 e. The van der Waals surface area contributed by atoms with Gasteiger partial charge in [-0.1, -0.05) is 60.1 Å². The quantitative estimate of drug-likeness (QED) is 0.187. The molecule has 0 atom stereocenters. The Morgan fingerprint density at radius 1 is 1.00 bits per heavy atom. The fourth-order valence-electron chi connectivity index (χ4n) is 5.75. The van der Waals surface area contributed by atoms with Crippen LogP contribution in [0.3, 0.4) is 0 Å². The fourth-order valence-corrected chi connectivity index (χ4v) is 6.26. The number of halogens is 1. The molecule has 2 heterocycles. The lowest BCUT2D eigenvalue weighted by molar-refractivity contribution is 0.0697. The Bertz CT molecular complexity index is 1430. The number of carbonyl (C=O) groups is 1. The third kappa shape index (κ3) is 4.25. The number of aromatic carboxylic acids is 1. The number of ether oxygens (including phenoxy) is 2. The van der Waals surface area contributed by atoms with Crippen LogP contribution in [-0.4, -0.2) is 22.2 Å². The number of aromatic nitrogens is 1. The molecule has 3 aromatic carbocycles. The standard InChI is InChI=1S/C30H28INO4/c31-18-19-6-9-22(10-7-19)36-23-11-13-25-27(17-23)35-15-14-32-26-16-21(30(33)34)8-12-24(26)28(29(25)32)20-4-2-1-3-5-20/h6-13,16-17,20H,1-5,14-15,18H2,(H,33,34). The van der Waals surface area contributed by atoms with Gasteiger partial charge in [-0.3, -0.25) is 0 Å². The molecule has 2 aliphatic rings. The molecule has 4 aromatic rings. The van der Waals surface area contributed by atoms with E-state index < -0.39 is 5.97 Å². The summed E-state index contributed by atoms with van der Waals surface area (Å²) in [5.41, 5.74) is 6.13. The number of hydrogen-bond acceptors (Lipinski definition) is 3. The average Bonchev–Trinajstić information content (AvgIpc) is 3.11. The van der Waals surface area contributed by atoms with Gasteiger partial charge in [-0.15, -0.1) is 0 Å². The lowest BCUT2D eigenvalue weighted by Gasteiger charge is -2.23. The molecule has 0 unspecified atom stereocenters. The van der Waals surface area contributed by atoms with Gasteiger partial charge in [-0.25, -0.2) is 4.79 Å². The van der Waals surface area contributed by atoms with Gasteiger partial charge in [-0.2, -0.15) is 0 Å². The molecule has 184 valence electrons. The molecular formula is C30H28INO4. The highest BCUT2D eigenvalue weighted by Crippen LogP contribution is 2.48. The van der Waals surface area contributed by atoms with Crippen molar-refractivity contribution in [2.45, 2.75) is 49.0 Å². The molecule has 1 fully saturated rings. The van der Waals surface area contributed by atoms with Crippen LogP contribution in [0, 0.1) is 0 Å². The monoisotopic (exact) mass is 593 g/mol. The number of nitrogens with zero attached hydrogens (tertiary/aromatic N) is 1. The van der Waals surface area contributed by atoms with E-state index >= 15 is 0 Å². The first-order valence-corrected chi connectivity index (χ1v) is 14.1. The van der Waals surface area contributed by atoms with Gasteiger partial charge in [0.2, 0.25) is 0 Å². The van der Waals surface area contributed by atoms with Crippen molar-refractivity contribution >= 4 is 39.5 Å². The van der Waals surface area contributed by atoms with Crippen LogP contribution in [0.15, 0.2) is 60.7 Å². The van der Waals surface area contributed by atoms with Crippen LogP contribution >= 0.6 is 22.6 Å². The maximum Gasteiger partial charge on any atom is 0.335 e. The van der Waals surface area contributed by atoms with Gasteiger partial charge in [-0.05, 0) is 66.3 Å². The number of carboxylic acids is 1. The lowest BCUT2D eigenvalue weighted by atomic mass is 9.81. The average molecular weight is 593 g/mol. The summed E-state index contributed by atoms with van der Waals surface area (Å²) in [6, 6.07) is 19.9. The number of alkyl halides is 1. The van der Waals surface area contributed by atoms with Crippen LogP contribution < -0.4 is 9.47 Å². The predicted molar refractivity (Wildman–Crippen MR) is 150 cm³/mol. The molecule has 6 rings (SSSR count). The summed E-state index contributed by atoms with van der Waals surface area (Å²) in [7, 11) is 0. The second-order valence-corrected chi connectivity index (χ2v) is 10.4. The van der Waals surface area contributed by atoms with E-state index in [0.29, 0.717) is 24.6 Å². The zero-order valence-corrected chi connectivity index (χ0v) is 22.2. The van der Waals surface area contributed by atoms with Crippen LogP contribution in [0.25, 0.3) is 22.2 Å². The summed E-state index contributed by atoms with van der Waals surface area (Å²) in [5, 5.41) is 10.8. The Kier molecular flexibility index (Phi) is 6.37. The van der Waals surface area contributed by atoms with Crippen LogP contribution in [0.4, 0.5) is 0 Å². The molecule has 0 saturated heterocycles. The van der Waals surface area contributed by atoms with E-state index in [0.717, 1.165) is 45.6 Å². The Morgan fingerprint density at radius 3 is 2.53 bits per heavy atom. The molecule has 1 aromatic heterocycles. The molecule has 0 amide bonds. The molecular weight excluding hydrogens is 565 g/mol. The van der Waals surface area contributed by atoms with Crippen molar-refractivity contribution in [2.75, 3.05) is 6.61 Å². The first kappa shape index (κ1) is 23.4. The maximum absolute atomic E-state index is 11.8. The summed E-state index contributed by atoms with van der Waals surface area (Å²) >= 11 is 2.36. The minimum atomic E-state index is -0.898. The van der Waals surface area contributed by atoms with Gasteiger partial charge < -0.3 is 19.1 Å². The third-order valence-electron chi connectivity index (χ3n) is 7.46. The van der Waals surface area contributed by atoms with E-state index in [4.69, 9.17) is 9.47 Å². The molecule has 1 N–H and O–H groups in total. The Balaban J connectivity index is 1.47. The van der Waals surface area contributed by atoms with Crippen LogP contribution in [-0.2, 0) is 11.0 Å². The van der Waals surface area contributed by atoms with E-state index in [2.05, 4.69) is 45.4 Å². The predicted octanol–water partition coefficient (Wildman–Crippen LogP) is 8.17. The van der Waals surface area contributed by atoms with Gasteiger partial charge in [0.1, 0.15) is 23.9 Å². The number of hydrogen-bond donors (Lipinski definition) is 1. The highest BCUT2D eigenvalue weighted by Gasteiger charge is 2.29. The van der Waals surface area contributed by atoms with E-state index in [1.165, 1.54) is 41.5 Å². The van der Waals surface area contributed by atoms with Crippen LogP contribution in [0.5, 0.6) is 17.2 Å². The van der Waals surface area contributed by atoms with Crippen LogP contribution in [0.2, 0.25) is 0 Å². The Morgan fingerprint density at radius 2 is 1.78 bits per heavy atom. The second kappa shape index (κ2) is 9.81. The second-order valence-electron chi connectivity index (χ2n) is 9.67. The van der Waals surface area contributed by atoms with Crippen molar-refractivity contribution in [1.29, 1.82) is 0 Å². The first-order chi connectivity index (χ1) is 17.6. The topological polar surface area (TPSA) is 60.7 Å². The van der Waals surface area contributed by atoms with E-state index in [1.54, 1.807) is 6.07 Å². The number of rotatable bonds is 5. The summed E-state index contributed by atoms with van der Waals surface area (Å²) in [5.74, 6) is 1.92.